The normalized spacial score (nSPS) is 10.8. The van der Waals surface area contributed by atoms with Gasteiger partial charge in [-0.25, -0.2) is 9.78 Å². The predicted octanol–water partition coefficient (Wildman–Crippen LogP) is 2.90. The number of pyridine rings is 1. The maximum Gasteiger partial charge on any atom is 0.341 e. The standard InChI is InChI=1S/C14H10N2O3/c1-8-12(14(17)18)13(16-19-8)11-7-6-9-4-2-3-5-10(9)15-11/h2-7H,1H3,(H,17,18). The van der Waals surface area contributed by atoms with Gasteiger partial charge in [0.05, 0.1) is 11.2 Å². The molecule has 0 saturated carbocycles. The Bertz CT molecular complexity index is 777. The quantitative estimate of drug-likeness (QED) is 0.760. The fourth-order valence-electron chi connectivity index (χ4n) is 2.00. The zero-order chi connectivity index (χ0) is 13.4. The number of para-hydroxylation sites is 1. The number of aryl methyl sites for hydroxylation is 1. The molecule has 3 rings (SSSR count). The second kappa shape index (κ2) is 4.20. The maximum absolute atomic E-state index is 11.2. The largest absolute Gasteiger partial charge is 0.477 e. The van der Waals surface area contributed by atoms with E-state index >= 15 is 0 Å². The van der Waals surface area contributed by atoms with Crippen LogP contribution in [0.15, 0.2) is 40.9 Å². The van der Waals surface area contributed by atoms with Crippen molar-refractivity contribution in [3.05, 3.63) is 47.7 Å². The Hall–Kier alpha value is -2.69. The SMILES string of the molecule is Cc1onc(-c2ccc3ccccc3n2)c1C(=O)O. The zero-order valence-corrected chi connectivity index (χ0v) is 10.1. The summed E-state index contributed by atoms with van der Waals surface area (Å²) in [7, 11) is 0. The number of aromatic carboxylic acids is 1. The first-order chi connectivity index (χ1) is 9.16. The first-order valence-electron chi connectivity index (χ1n) is 5.72. The number of nitrogens with zero attached hydrogens (tertiary/aromatic N) is 2. The van der Waals surface area contributed by atoms with E-state index in [1.807, 2.05) is 30.3 Å². The maximum atomic E-state index is 11.2. The van der Waals surface area contributed by atoms with Gasteiger partial charge < -0.3 is 9.63 Å². The predicted molar refractivity (Wildman–Crippen MR) is 68.9 cm³/mol. The number of carboxylic acids is 1. The molecule has 0 atom stereocenters. The van der Waals surface area contributed by atoms with E-state index in [0.29, 0.717) is 5.69 Å². The van der Waals surface area contributed by atoms with Gasteiger partial charge >= 0.3 is 5.97 Å². The lowest BCUT2D eigenvalue weighted by Gasteiger charge is -2.00. The van der Waals surface area contributed by atoms with Gasteiger partial charge in [-0.3, -0.25) is 0 Å². The topological polar surface area (TPSA) is 76.2 Å². The summed E-state index contributed by atoms with van der Waals surface area (Å²) in [4.78, 5) is 15.6. The van der Waals surface area contributed by atoms with E-state index in [9.17, 15) is 9.90 Å². The van der Waals surface area contributed by atoms with E-state index in [1.54, 1.807) is 13.0 Å². The number of hydrogen-bond donors (Lipinski definition) is 1. The van der Waals surface area contributed by atoms with Gasteiger partial charge in [0.25, 0.3) is 0 Å². The van der Waals surface area contributed by atoms with Crippen LogP contribution in [0, 0.1) is 6.92 Å². The summed E-state index contributed by atoms with van der Waals surface area (Å²) < 4.78 is 4.95. The Morgan fingerprint density at radius 1 is 1.21 bits per heavy atom. The molecule has 0 bridgehead atoms. The van der Waals surface area contributed by atoms with Crippen molar-refractivity contribution in [1.29, 1.82) is 0 Å². The highest BCUT2D eigenvalue weighted by Crippen LogP contribution is 2.25. The van der Waals surface area contributed by atoms with Gasteiger partial charge in [0, 0.05) is 5.39 Å². The number of hydrogen-bond acceptors (Lipinski definition) is 4. The van der Waals surface area contributed by atoms with Crippen LogP contribution in [-0.2, 0) is 0 Å². The minimum Gasteiger partial charge on any atom is -0.477 e. The third-order valence-electron chi connectivity index (χ3n) is 2.92. The van der Waals surface area contributed by atoms with Crippen LogP contribution in [0.4, 0.5) is 0 Å². The van der Waals surface area contributed by atoms with Crippen LogP contribution in [0.2, 0.25) is 0 Å². The Morgan fingerprint density at radius 3 is 2.79 bits per heavy atom. The molecule has 5 nitrogen and oxygen atoms in total. The highest BCUT2D eigenvalue weighted by atomic mass is 16.5. The molecular formula is C14H10N2O3. The fourth-order valence-corrected chi connectivity index (χ4v) is 2.00. The Morgan fingerprint density at radius 2 is 2.00 bits per heavy atom. The molecule has 0 unspecified atom stereocenters. The van der Waals surface area contributed by atoms with Crippen molar-refractivity contribution in [3.8, 4) is 11.4 Å². The second-order valence-electron chi connectivity index (χ2n) is 4.16. The summed E-state index contributed by atoms with van der Waals surface area (Å²) in [6.45, 7) is 1.57. The van der Waals surface area contributed by atoms with Crippen molar-refractivity contribution in [1.82, 2.24) is 10.1 Å². The molecule has 1 N–H and O–H groups in total. The lowest BCUT2D eigenvalue weighted by molar-refractivity contribution is 0.0695. The Labute approximate surface area is 108 Å². The molecule has 0 spiro atoms. The van der Waals surface area contributed by atoms with Crippen molar-refractivity contribution in [2.75, 3.05) is 0 Å². The van der Waals surface area contributed by atoms with Gasteiger partial charge in [-0.15, -0.1) is 0 Å². The van der Waals surface area contributed by atoms with E-state index in [2.05, 4.69) is 10.1 Å². The third-order valence-corrected chi connectivity index (χ3v) is 2.92. The van der Waals surface area contributed by atoms with Gasteiger partial charge in [0.2, 0.25) is 0 Å². The molecule has 0 saturated heterocycles. The number of carboxylic acid groups (broad SMARTS) is 1. The van der Waals surface area contributed by atoms with Crippen molar-refractivity contribution >= 4 is 16.9 Å². The zero-order valence-electron chi connectivity index (χ0n) is 10.1. The molecule has 19 heavy (non-hydrogen) atoms. The molecular weight excluding hydrogens is 244 g/mol. The number of fused-ring (bicyclic) bond motifs is 1. The summed E-state index contributed by atoms with van der Waals surface area (Å²) in [5, 5.41) is 14.0. The molecule has 0 aliphatic rings. The smallest absolute Gasteiger partial charge is 0.341 e. The van der Waals surface area contributed by atoms with E-state index in [4.69, 9.17) is 4.52 Å². The van der Waals surface area contributed by atoms with E-state index in [-0.39, 0.29) is 17.0 Å². The molecule has 3 aromatic rings. The van der Waals surface area contributed by atoms with Gasteiger partial charge in [0.15, 0.2) is 0 Å². The fraction of sp³-hybridized carbons (Fsp3) is 0.0714. The lowest BCUT2D eigenvalue weighted by Crippen LogP contribution is -2.00. The number of rotatable bonds is 2. The van der Waals surface area contributed by atoms with Crippen LogP contribution >= 0.6 is 0 Å². The number of aromatic nitrogens is 2. The van der Waals surface area contributed by atoms with Crippen LogP contribution in [0.5, 0.6) is 0 Å². The molecule has 2 aromatic heterocycles. The molecule has 0 aliphatic heterocycles. The minimum atomic E-state index is -1.07. The highest BCUT2D eigenvalue weighted by molar-refractivity contribution is 5.95. The number of carbonyl (C=O) groups is 1. The van der Waals surface area contributed by atoms with Gasteiger partial charge in [-0.1, -0.05) is 29.4 Å². The second-order valence-corrected chi connectivity index (χ2v) is 4.16. The molecule has 94 valence electrons. The average molecular weight is 254 g/mol. The van der Waals surface area contributed by atoms with E-state index in [0.717, 1.165) is 10.9 Å². The summed E-state index contributed by atoms with van der Waals surface area (Å²) in [6.07, 6.45) is 0. The Balaban J connectivity index is 2.22. The van der Waals surface area contributed by atoms with Crippen LogP contribution in [0.25, 0.3) is 22.3 Å². The van der Waals surface area contributed by atoms with Gasteiger partial charge in [0.1, 0.15) is 17.0 Å². The van der Waals surface area contributed by atoms with Crippen molar-refractivity contribution in [3.63, 3.8) is 0 Å². The lowest BCUT2D eigenvalue weighted by atomic mass is 10.1. The molecule has 1 aromatic carbocycles. The third kappa shape index (κ3) is 1.85. The minimum absolute atomic E-state index is 0.0581. The monoisotopic (exact) mass is 254 g/mol. The average Bonchev–Trinajstić information content (AvgIpc) is 2.80. The van der Waals surface area contributed by atoms with Gasteiger partial charge in [-0.2, -0.15) is 0 Å². The van der Waals surface area contributed by atoms with Crippen LogP contribution in [0.3, 0.4) is 0 Å². The first-order valence-corrected chi connectivity index (χ1v) is 5.72. The molecule has 2 heterocycles. The number of benzene rings is 1. The first kappa shape index (κ1) is 11.4. The summed E-state index contributed by atoms with van der Waals surface area (Å²) in [6, 6.07) is 11.2. The Kier molecular flexibility index (Phi) is 2.52. The molecule has 0 amide bonds. The van der Waals surface area contributed by atoms with Crippen molar-refractivity contribution in [2.24, 2.45) is 0 Å². The van der Waals surface area contributed by atoms with E-state index in [1.165, 1.54) is 0 Å². The van der Waals surface area contributed by atoms with Crippen LogP contribution in [0.1, 0.15) is 16.1 Å². The van der Waals surface area contributed by atoms with E-state index < -0.39 is 5.97 Å². The van der Waals surface area contributed by atoms with Crippen molar-refractivity contribution < 1.29 is 14.4 Å². The highest BCUT2D eigenvalue weighted by Gasteiger charge is 2.21. The molecule has 0 radical (unpaired) electrons. The summed E-state index contributed by atoms with van der Waals surface area (Å²) in [5.41, 5.74) is 1.60. The summed E-state index contributed by atoms with van der Waals surface area (Å²) >= 11 is 0. The van der Waals surface area contributed by atoms with Crippen LogP contribution in [-0.4, -0.2) is 21.2 Å². The van der Waals surface area contributed by atoms with Crippen LogP contribution < -0.4 is 0 Å². The molecule has 0 aliphatic carbocycles. The summed E-state index contributed by atoms with van der Waals surface area (Å²) in [5.74, 6) is -0.791. The van der Waals surface area contributed by atoms with Gasteiger partial charge in [-0.05, 0) is 19.1 Å². The molecule has 0 fully saturated rings. The molecule has 5 heteroatoms. The van der Waals surface area contributed by atoms with Crippen molar-refractivity contribution in [2.45, 2.75) is 6.92 Å².